The van der Waals surface area contributed by atoms with Gasteiger partial charge in [0.1, 0.15) is 0 Å². The van der Waals surface area contributed by atoms with Crippen molar-refractivity contribution in [2.75, 3.05) is 11.1 Å². The predicted octanol–water partition coefficient (Wildman–Crippen LogP) is 2.38. The number of hydrogen-bond donors (Lipinski definition) is 2. The van der Waals surface area contributed by atoms with Crippen LogP contribution in [0.15, 0.2) is 47.6 Å². The lowest BCUT2D eigenvalue weighted by Gasteiger charge is -2.08. The molecule has 0 fully saturated rings. The van der Waals surface area contributed by atoms with E-state index in [2.05, 4.69) is 10.6 Å². The molecule has 1 heterocycles. The van der Waals surface area contributed by atoms with Crippen molar-refractivity contribution in [1.29, 1.82) is 0 Å². The average Bonchev–Trinajstić information content (AvgIpc) is 2.50. The Morgan fingerprint density at radius 1 is 1.17 bits per heavy atom. The normalized spacial score (nSPS) is 10.2. The number of hydrogen-bond acceptors (Lipinski definition) is 4. The van der Waals surface area contributed by atoms with Gasteiger partial charge in [-0.15, -0.1) is 0 Å². The Labute approximate surface area is 138 Å². The van der Waals surface area contributed by atoms with E-state index >= 15 is 0 Å². The number of rotatable bonds is 4. The number of carbonyl (C=O) groups excluding carboxylic acids is 2. The van der Waals surface area contributed by atoms with Gasteiger partial charge in [-0.25, -0.2) is 4.79 Å². The van der Waals surface area contributed by atoms with E-state index < -0.39 is 11.9 Å². The minimum Gasteiger partial charge on any atom is -0.618 e. The first-order chi connectivity index (χ1) is 11.0. The van der Waals surface area contributed by atoms with E-state index in [1.807, 2.05) is 26.0 Å². The molecule has 0 aliphatic heterocycles. The number of imide groups is 1. The number of amides is 3. The molecule has 0 saturated carbocycles. The monoisotopic (exact) mass is 331 g/mol. The molecule has 0 aliphatic carbocycles. The standard InChI is InChI=1S/C16H17N3O3S/c1-11-6-7-13(9-12(11)2)17-16(21)18-14(20)10-23-15-5-3-4-8-19(15)22/h3-9H,10H2,1-2H3,(H2,17,18,20,21). The van der Waals surface area contributed by atoms with Gasteiger partial charge in [0.2, 0.25) is 5.91 Å². The lowest BCUT2D eigenvalue weighted by molar-refractivity contribution is -0.645. The van der Waals surface area contributed by atoms with Gasteiger partial charge in [-0.05, 0) is 54.9 Å². The van der Waals surface area contributed by atoms with Crippen LogP contribution in [-0.2, 0) is 4.79 Å². The predicted molar refractivity (Wildman–Crippen MR) is 89.2 cm³/mol. The van der Waals surface area contributed by atoms with Gasteiger partial charge in [0.05, 0.1) is 5.75 Å². The molecule has 6 nitrogen and oxygen atoms in total. The van der Waals surface area contributed by atoms with E-state index in [1.54, 1.807) is 24.3 Å². The largest absolute Gasteiger partial charge is 0.618 e. The maximum Gasteiger partial charge on any atom is 0.325 e. The Morgan fingerprint density at radius 2 is 1.96 bits per heavy atom. The first-order valence-corrected chi connectivity index (χ1v) is 7.93. The van der Waals surface area contributed by atoms with Crippen molar-refractivity contribution in [2.45, 2.75) is 18.9 Å². The maximum absolute atomic E-state index is 11.8. The second-order valence-electron chi connectivity index (χ2n) is 4.95. The van der Waals surface area contributed by atoms with Crippen molar-refractivity contribution < 1.29 is 14.3 Å². The molecule has 1 aromatic heterocycles. The fourth-order valence-electron chi connectivity index (χ4n) is 1.81. The number of aryl methyl sites for hydroxylation is 2. The number of nitrogens with zero attached hydrogens (tertiary/aromatic N) is 1. The molecular weight excluding hydrogens is 314 g/mol. The van der Waals surface area contributed by atoms with Crippen LogP contribution in [0.2, 0.25) is 0 Å². The molecular formula is C16H17N3O3S. The zero-order valence-corrected chi connectivity index (χ0v) is 13.6. The van der Waals surface area contributed by atoms with Crippen LogP contribution in [0.5, 0.6) is 0 Å². The molecule has 0 bridgehead atoms. The Balaban J connectivity index is 1.84. The lowest BCUT2D eigenvalue weighted by atomic mass is 10.1. The number of thioether (sulfide) groups is 1. The van der Waals surface area contributed by atoms with Crippen molar-refractivity contribution in [3.05, 3.63) is 58.9 Å². The Kier molecular flexibility index (Phi) is 5.59. The molecule has 0 unspecified atom stereocenters. The summed E-state index contributed by atoms with van der Waals surface area (Å²) in [6.07, 6.45) is 1.35. The highest BCUT2D eigenvalue weighted by Gasteiger charge is 2.12. The van der Waals surface area contributed by atoms with Gasteiger partial charge in [-0.2, -0.15) is 4.73 Å². The molecule has 0 saturated heterocycles. The first kappa shape index (κ1) is 16.8. The van der Waals surface area contributed by atoms with Crippen molar-refractivity contribution in [3.63, 3.8) is 0 Å². The fraction of sp³-hybridized carbons (Fsp3) is 0.188. The summed E-state index contributed by atoms with van der Waals surface area (Å²) in [6, 6.07) is 9.83. The third-order valence-electron chi connectivity index (χ3n) is 3.16. The van der Waals surface area contributed by atoms with Gasteiger partial charge >= 0.3 is 6.03 Å². The fourth-order valence-corrected chi connectivity index (χ4v) is 2.52. The summed E-state index contributed by atoms with van der Waals surface area (Å²) in [5, 5.41) is 16.7. The van der Waals surface area contributed by atoms with E-state index in [0.29, 0.717) is 15.4 Å². The topological polar surface area (TPSA) is 85.1 Å². The van der Waals surface area contributed by atoms with E-state index in [1.165, 1.54) is 6.20 Å². The number of nitrogens with one attached hydrogen (secondary N) is 2. The molecule has 0 atom stereocenters. The molecule has 0 radical (unpaired) electrons. The number of pyridine rings is 1. The number of benzene rings is 1. The van der Waals surface area contributed by atoms with Gasteiger partial charge in [0, 0.05) is 17.8 Å². The summed E-state index contributed by atoms with van der Waals surface area (Å²) < 4.78 is 0.674. The molecule has 23 heavy (non-hydrogen) atoms. The molecule has 0 aliphatic rings. The second-order valence-corrected chi connectivity index (χ2v) is 5.95. The van der Waals surface area contributed by atoms with Crippen LogP contribution in [-0.4, -0.2) is 17.7 Å². The van der Waals surface area contributed by atoms with Crippen LogP contribution < -0.4 is 15.4 Å². The zero-order chi connectivity index (χ0) is 16.8. The second kappa shape index (κ2) is 7.64. The molecule has 2 rings (SSSR count). The van der Waals surface area contributed by atoms with E-state index in [-0.39, 0.29) is 5.75 Å². The molecule has 3 amide bonds. The Morgan fingerprint density at radius 3 is 2.65 bits per heavy atom. The average molecular weight is 331 g/mol. The molecule has 2 N–H and O–H groups in total. The van der Waals surface area contributed by atoms with Crippen molar-refractivity contribution >= 4 is 29.4 Å². The summed E-state index contributed by atoms with van der Waals surface area (Å²) in [4.78, 5) is 23.5. The van der Waals surface area contributed by atoms with Crippen LogP contribution in [0, 0.1) is 19.1 Å². The third-order valence-corrected chi connectivity index (χ3v) is 4.18. The summed E-state index contributed by atoms with van der Waals surface area (Å²) >= 11 is 1.07. The van der Waals surface area contributed by atoms with Crippen LogP contribution in [0.25, 0.3) is 0 Å². The highest BCUT2D eigenvalue weighted by atomic mass is 32.2. The third kappa shape index (κ3) is 5.00. The van der Waals surface area contributed by atoms with Gasteiger partial charge in [0.15, 0.2) is 6.20 Å². The minimum atomic E-state index is -0.595. The molecule has 1 aromatic carbocycles. The lowest BCUT2D eigenvalue weighted by Crippen LogP contribution is -2.36. The van der Waals surface area contributed by atoms with Crippen molar-refractivity contribution in [1.82, 2.24) is 5.32 Å². The molecule has 2 aromatic rings. The molecule has 120 valence electrons. The quantitative estimate of drug-likeness (QED) is 0.512. The summed E-state index contributed by atoms with van der Waals surface area (Å²) in [5.41, 5.74) is 2.79. The van der Waals surface area contributed by atoms with Crippen LogP contribution >= 0.6 is 11.8 Å². The maximum atomic E-state index is 11.8. The van der Waals surface area contributed by atoms with Crippen molar-refractivity contribution in [2.24, 2.45) is 0 Å². The Bertz CT molecular complexity index is 734. The van der Waals surface area contributed by atoms with Gasteiger partial charge < -0.3 is 10.5 Å². The number of urea groups is 1. The summed E-state index contributed by atoms with van der Waals surface area (Å²) in [5.74, 6) is -0.493. The minimum absolute atomic E-state index is 0.0212. The molecule has 0 spiro atoms. The van der Waals surface area contributed by atoms with Crippen LogP contribution in [0.4, 0.5) is 10.5 Å². The summed E-state index contributed by atoms with van der Waals surface area (Å²) in [7, 11) is 0. The highest BCUT2D eigenvalue weighted by molar-refractivity contribution is 7.99. The van der Waals surface area contributed by atoms with E-state index in [0.717, 1.165) is 22.9 Å². The number of aromatic nitrogens is 1. The van der Waals surface area contributed by atoms with Crippen LogP contribution in [0.3, 0.4) is 0 Å². The van der Waals surface area contributed by atoms with E-state index in [4.69, 9.17) is 0 Å². The van der Waals surface area contributed by atoms with Gasteiger partial charge in [0.25, 0.3) is 5.03 Å². The smallest absolute Gasteiger partial charge is 0.325 e. The van der Waals surface area contributed by atoms with Gasteiger partial charge in [-0.1, -0.05) is 6.07 Å². The Hall–Kier alpha value is -2.54. The number of carbonyl (C=O) groups is 2. The van der Waals surface area contributed by atoms with Crippen molar-refractivity contribution in [3.8, 4) is 0 Å². The molecule has 7 heteroatoms. The first-order valence-electron chi connectivity index (χ1n) is 6.95. The highest BCUT2D eigenvalue weighted by Crippen LogP contribution is 2.14. The SMILES string of the molecule is Cc1ccc(NC(=O)NC(=O)CSc2cccc[n+]2[O-])cc1C. The summed E-state index contributed by atoms with van der Waals surface area (Å²) in [6.45, 7) is 3.92. The van der Waals surface area contributed by atoms with E-state index in [9.17, 15) is 14.8 Å². The van der Waals surface area contributed by atoms with Gasteiger partial charge in [-0.3, -0.25) is 10.1 Å². The van der Waals surface area contributed by atoms with Crippen LogP contribution in [0.1, 0.15) is 11.1 Å². The zero-order valence-electron chi connectivity index (χ0n) is 12.8. The number of anilines is 1.